The lowest BCUT2D eigenvalue weighted by Gasteiger charge is -2.34. The molecule has 2 aliphatic heterocycles. The van der Waals surface area contributed by atoms with Gasteiger partial charge in [0.25, 0.3) is 5.91 Å². The predicted molar refractivity (Wildman–Crippen MR) is 142 cm³/mol. The predicted octanol–water partition coefficient (Wildman–Crippen LogP) is 4.15. The molecule has 1 N–H and O–H groups in total. The van der Waals surface area contributed by atoms with E-state index >= 15 is 0 Å². The van der Waals surface area contributed by atoms with Gasteiger partial charge in [0.05, 0.1) is 5.56 Å². The van der Waals surface area contributed by atoms with Crippen molar-refractivity contribution in [1.29, 1.82) is 0 Å². The summed E-state index contributed by atoms with van der Waals surface area (Å²) in [6.45, 7) is 7.64. The number of amides is 1. The van der Waals surface area contributed by atoms with Crippen molar-refractivity contribution in [2.45, 2.75) is 33.0 Å². The number of nitrogens with zero attached hydrogens (tertiary/aromatic N) is 4. The fraction of sp³-hybridized carbons (Fsp3) is 0.379. The van der Waals surface area contributed by atoms with Crippen LogP contribution in [-0.2, 0) is 12.7 Å². The summed E-state index contributed by atoms with van der Waals surface area (Å²) in [6, 6.07) is 7.03. The second-order valence-electron chi connectivity index (χ2n) is 9.50. The van der Waals surface area contributed by atoms with Crippen LogP contribution in [0.25, 0.3) is 0 Å². The summed E-state index contributed by atoms with van der Waals surface area (Å²) in [5, 5.41) is 2.60. The molecule has 1 unspecified atom stereocenters. The lowest BCUT2D eigenvalue weighted by atomic mass is 10.0. The van der Waals surface area contributed by atoms with E-state index in [0.717, 1.165) is 25.7 Å². The second kappa shape index (κ2) is 12.4. The fourth-order valence-electron chi connectivity index (χ4n) is 4.41. The van der Waals surface area contributed by atoms with E-state index in [1.54, 1.807) is 24.4 Å². The number of ketones is 1. The molecule has 0 spiro atoms. The van der Waals surface area contributed by atoms with Gasteiger partial charge in [-0.3, -0.25) is 19.5 Å². The highest BCUT2D eigenvalue weighted by atomic mass is 19.4. The van der Waals surface area contributed by atoms with Crippen molar-refractivity contribution in [3.63, 3.8) is 0 Å². The molecular weight excluding hydrogens is 507 g/mol. The molecule has 4 rings (SSSR count). The Morgan fingerprint density at radius 2 is 1.85 bits per heavy atom. The highest BCUT2D eigenvalue weighted by molar-refractivity contribution is 5.95. The normalized spacial score (nSPS) is 18.2. The van der Waals surface area contributed by atoms with Crippen LogP contribution in [0.15, 0.2) is 53.4 Å². The van der Waals surface area contributed by atoms with E-state index in [4.69, 9.17) is 0 Å². The summed E-state index contributed by atoms with van der Waals surface area (Å²) in [4.78, 5) is 36.7. The highest BCUT2D eigenvalue weighted by Gasteiger charge is 2.34. The first-order valence-electron chi connectivity index (χ1n) is 12.8. The van der Waals surface area contributed by atoms with Crippen LogP contribution in [-0.4, -0.2) is 65.4 Å². The molecule has 2 aliphatic rings. The van der Waals surface area contributed by atoms with Crippen LogP contribution in [0.3, 0.4) is 0 Å². The summed E-state index contributed by atoms with van der Waals surface area (Å²) in [5.41, 5.74) is 0.241. The van der Waals surface area contributed by atoms with Gasteiger partial charge in [-0.05, 0) is 42.4 Å². The van der Waals surface area contributed by atoms with Crippen LogP contribution < -0.4 is 5.32 Å². The Morgan fingerprint density at radius 3 is 2.49 bits per heavy atom. The first-order valence-corrected chi connectivity index (χ1v) is 12.8. The van der Waals surface area contributed by atoms with Crippen LogP contribution in [0.2, 0.25) is 0 Å². The summed E-state index contributed by atoms with van der Waals surface area (Å²) in [7, 11) is 0. The first-order chi connectivity index (χ1) is 18.6. The number of pyridine rings is 1. The van der Waals surface area contributed by atoms with Gasteiger partial charge < -0.3 is 10.2 Å². The standard InChI is InChI=1S/C29H30F3N5O2/c1-3-36-12-14-37(15-13-36)19-24-8-7-23(17-25(24)29(30,31)32)28(39)35-27-16-21(10-11-33-27)4-5-22-6-9-26(20(2)38)34-18-22/h6-9,11,16-18,21H,3,10,12-15,19H2,1-2H3,(H,35,39). The van der Waals surface area contributed by atoms with Crippen molar-refractivity contribution in [1.82, 2.24) is 20.1 Å². The summed E-state index contributed by atoms with van der Waals surface area (Å²) >= 11 is 0. The number of hydrogen-bond acceptors (Lipinski definition) is 6. The number of carbonyl (C=O) groups excluding carboxylic acids is 2. The highest BCUT2D eigenvalue weighted by Crippen LogP contribution is 2.33. The number of halogens is 3. The number of Topliss-reactive ketones (excluding diaryl/α,β-unsaturated/α-hetero) is 1. The molecule has 1 aromatic carbocycles. The summed E-state index contributed by atoms with van der Waals surface area (Å²) in [5.74, 6) is 5.20. The van der Waals surface area contributed by atoms with Gasteiger partial charge in [0.15, 0.2) is 5.78 Å². The molecular formula is C29H30F3N5O2. The smallest absolute Gasteiger partial charge is 0.307 e. The average Bonchev–Trinajstić information content (AvgIpc) is 2.92. The molecule has 0 bridgehead atoms. The van der Waals surface area contributed by atoms with Crippen LogP contribution >= 0.6 is 0 Å². The number of carbonyl (C=O) groups is 2. The van der Waals surface area contributed by atoms with Gasteiger partial charge in [-0.25, -0.2) is 4.99 Å². The molecule has 7 nitrogen and oxygen atoms in total. The third-order valence-corrected chi connectivity index (χ3v) is 6.70. The van der Waals surface area contributed by atoms with Crippen molar-refractivity contribution in [2.75, 3.05) is 32.7 Å². The number of rotatable bonds is 6. The van der Waals surface area contributed by atoms with Gasteiger partial charge in [0, 0.05) is 75.5 Å². The minimum absolute atomic E-state index is 0.0946. The number of benzene rings is 1. The van der Waals surface area contributed by atoms with E-state index in [9.17, 15) is 22.8 Å². The van der Waals surface area contributed by atoms with Gasteiger partial charge in [0.1, 0.15) is 11.5 Å². The van der Waals surface area contributed by atoms with Crippen molar-refractivity contribution in [2.24, 2.45) is 10.9 Å². The molecule has 0 aliphatic carbocycles. The Balaban J connectivity index is 1.44. The number of piperazine rings is 1. The fourth-order valence-corrected chi connectivity index (χ4v) is 4.41. The largest absolute Gasteiger partial charge is 0.416 e. The lowest BCUT2D eigenvalue weighted by molar-refractivity contribution is -0.138. The van der Waals surface area contributed by atoms with Crippen LogP contribution in [0, 0.1) is 17.8 Å². The average molecular weight is 538 g/mol. The van der Waals surface area contributed by atoms with Crippen molar-refractivity contribution in [3.8, 4) is 11.8 Å². The molecule has 1 atom stereocenters. The minimum atomic E-state index is -4.59. The number of hydrogen-bond donors (Lipinski definition) is 1. The zero-order chi connectivity index (χ0) is 28.0. The second-order valence-corrected chi connectivity index (χ2v) is 9.50. The third kappa shape index (κ3) is 7.62. The molecule has 10 heteroatoms. The summed E-state index contributed by atoms with van der Waals surface area (Å²) < 4.78 is 41.8. The van der Waals surface area contributed by atoms with Gasteiger partial charge in [-0.1, -0.05) is 24.8 Å². The molecule has 0 radical (unpaired) electrons. The molecule has 39 heavy (non-hydrogen) atoms. The maximum atomic E-state index is 13.9. The van der Waals surface area contributed by atoms with Crippen molar-refractivity contribution >= 4 is 17.9 Å². The quantitative estimate of drug-likeness (QED) is 0.443. The number of aliphatic imine (C=N–C) groups is 1. The van der Waals surface area contributed by atoms with E-state index in [0.29, 0.717) is 30.8 Å². The Kier molecular flexibility index (Phi) is 8.94. The molecule has 1 fully saturated rings. The Bertz CT molecular complexity index is 1330. The monoisotopic (exact) mass is 537 g/mol. The third-order valence-electron chi connectivity index (χ3n) is 6.70. The van der Waals surface area contributed by atoms with Crippen molar-refractivity contribution in [3.05, 3.63) is 76.4 Å². The number of aromatic nitrogens is 1. The van der Waals surface area contributed by atoms with Gasteiger partial charge in [-0.15, -0.1) is 0 Å². The van der Waals surface area contributed by atoms with Crippen LogP contribution in [0.1, 0.15) is 57.8 Å². The number of allylic oxidation sites excluding steroid dienone is 1. The van der Waals surface area contributed by atoms with Crippen LogP contribution in [0.5, 0.6) is 0 Å². The van der Waals surface area contributed by atoms with Crippen LogP contribution in [0.4, 0.5) is 13.2 Å². The molecule has 1 amide bonds. The maximum Gasteiger partial charge on any atom is 0.416 e. The van der Waals surface area contributed by atoms with Gasteiger partial charge in [0.2, 0.25) is 0 Å². The van der Waals surface area contributed by atoms with Crippen molar-refractivity contribution < 1.29 is 22.8 Å². The molecule has 1 aromatic heterocycles. The Morgan fingerprint density at radius 1 is 1.10 bits per heavy atom. The Labute approximate surface area is 225 Å². The topological polar surface area (TPSA) is 77.9 Å². The lowest BCUT2D eigenvalue weighted by Crippen LogP contribution is -2.45. The number of nitrogens with one attached hydrogen (secondary N) is 1. The molecule has 0 saturated carbocycles. The first kappa shape index (κ1) is 28.2. The van der Waals surface area contributed by atoms with Gasteiger partial charge in [-0.2, -0.15) is 13.2 Å². The maximum absolute atomic E-state index is 13.9. The molecule has 204 valence electrons. The SMILES string of the molecule is CCN1CCN(Cc2ccc(C(=O)NC3=CC(C#Cc4ccc(C(C)=O)nc4)CC=N3)cc2C(F)(F)F)CC1. The van der Waals surface area contributed by atoms with E-state index in [1.165, 1.54) is 25.3 Å². The van der Waals surface area contributed by atoms with Gasteiger partial charge >= 0.3 is 6.18 Å². The van der Waals surface area contributed by atoms with E-state index in [-0.39, 0.29) is 35.2 Å². The molecule has 1 saturated heterocycles. The van der Waals surface area contributed by atoms with E-state index in [1.807, 2.05) is 4.90 Å². The molecule has 2 aromatic rings. The Hall–Kier alpha value is -3.81. The summed E-state index contributed by atoms with van der Waals surface area (Å²) in [6.07, 6.45) is 0.716. The van der Waals surface area contributed by atoms with E-state index in [2.05, 4.69) is 39.0 Å². The minimum Gasteiger partial charge on any atom is -0.307 e. The number of likely N-dealkylation sites (N-methyl/N-ethyl adjacent to an activating group) is 1. The zero-order valence-corrected chi connectivity index (χ0v) is 21.9. The zero-order valence-electron chi connectivity index (χ0n) is 21.9. The number of alkyl halides is 3. The van der Waals surface area contributed by atoms with E-state index < -0.39 is 17.6 Å². The molecule has 3 heterocycles.